The van der Waals surface area contributed by atoms with Gasteiger partial charge in [0.15, 0.2) is 0 Å². The Morgan fingerprint density at radius 2 is 1.73 bits per heavy atom. The molecule has 0 radical (unpaired) electrons. The monoisotopic (exact) mass is 362 g/mol. The van der Waals surface area contributed by atoms with Crippen LogP contribution in [0.2, 0.25) is 0 Å². The van der Waals surface area contributed by atoms with Crippen LogP contribution in [0, 0.1) is 5.41 Å². The van der Waals surface area contributed by atoms with Crippen LogP contribution >= 0.6 is 0 Å². The molecule has 1 rings (SSSR count). The zero-order chi connectivity index (χ0) is 19.7. The van der Waals surface area contributed by atoms with Crippen molar-refractivity contribution >= 4 is 24.0 Å². The van der Waals surface area contributed by atoms with E-state index < -0.39 is 36.5 Å². The number of hydrogen-bond donors (Lipinski definition) is 1. The molecular weight excluding hydrogens is 340 g/mol. The highest BCUT2D eigenvalue weighted by Gasteiger charge is 2.36. The highest BCUT2D eigenvalue weighted by Crippen LogP contribution is 2.19. The van der Waals surface area contributed by atoms with Gasteiger partial charge in [-0.05, 0) is 37.6 Å². The Morgan fingerprint density at radius 3 is 2.23 bits per heavy atom. The summed E-state index contributed by atoms with van der Waals surface area (Å²) in [5.74, 6) is -1.98. The summed E-state index contributed by atoms with van der Waals surface area (Å²) < 4.78 is 14.9. The van der Waals surface area contributed by atoms with E-state index >= 15 is 0 Å². The first-order valence-electron chi connectivity index (χ1n) is 7.73. The molecule has 0 fully saturated rings. The van der Waals surface area contributed by atoms with Crippen LogP contribution in [0.5, 0.6) is 5.75 Å². The highest BCUT2D eigenvalue weighted by molar-refractivity contribution is 5.88. The third-order valence-corrected chi connectivity index (χ3v) is 3.45. The third kappa shape index (κ3) is 6.43. The Morgan fingerprint density at radius 1 is 1.15 bits per heavy atom. The SMILES string of the molecule is C=C(C)C(=O)OCC(C)(COC(=O)/C=C/c1ccc(OC)cc1)C(=O)O. The average molecular weight is 362 g/mol. The van der Waals surface area contributed by atoms with E-state index in [2.05, 4.69) is 6.58 Å². The van der Waals surface area contributed by atoms with Gasteiger partial charge in [-0.25, -0.2) is 9.59 Å². The van der Waals surface area contributed by atoms with Gasteiger partial charge in [0.2, 0.25) is 0 Å². The molecule has 0 heterocycles. The van der Waals surface area contributed by atoms with E-state index in [9.17, 15) is 19.5 Å². The largest absolute Gasteiger partial charge is 0.497 e. The minimum atomic E-state index is -1.56. The number of hydrogen-bond acceptors (Lipinski definition) is 6. The van der Waals surface area contributed by atoms with Gasteiger partial charge in [0.05, 0.1) is 7.11 Å². The van der Waals surface area contributed by atoms with Crippen molar-refractivity contribution in [2.75, 3.05) is 20.3 Å². The molecule has 0 saturated carbocycles. The van der Waals surface area contributed by atoms with E-state index in [4.69, 9.17) is 14.2 Å². The van der Waals surface area contributed by atoms with Crippen LogP contribution in [0.1, 0.15) is 19.4 Å². The Labute approximate surface area is 151 Å². The van der Waals surface area contributed by atoms with E-state index in [1.54, 1.807) is 31.4 Å². The van der Waals surface area contributed by atoms with Gasteiger partial charge in [0.1, 0.15) is 24.4 Å². The predicted octanol–water partition coefficient (Wildman–Crippen LogP) is 2.46. The van der Waals surface area contributed by atoms with Crippen molar-refractivity contribution in [1.82, 2.24) is 0 Å². The van der Waals surface area contributed by atoms with E-state index in [0.29, 0.717) is 5.75 Å². The summed E-state index contributed by atoms with van der Waals surface area (Å²) in [4.78, 5) is 34.6. The van der Waals surface area contributed by atoms with E-state index in [0.717, 1.165) is 5.56 Å². The van der Waals surface area contributed by atoms with Gasteiger partial charge in [-0.2, -0.15) is 0 Å². The van der Waals surface area contributed by atoms with Gasteiger partial charge < -0.3 is 19.3 Å². The maximum Gasteiger partial charge on any atom is 0.333 e. The molecular formula is C19H22O7. The first-order valence-corrected chi connectivity index (χ1v) is 7.73. The van der Waals surface area contributed by atoms with E-state index in [1.807, 2.05) is 0 Å². The molecule has 1 aromatic rings. The van der Waals surface area contributed by atoms with Crippen LogP contribution in [0.25, 0.3) is 6.08 Å². The van der Waals surface area contributed by atoms with Crippen molar-refractivity contribution in [3.05, 3.63) is 48.1 Å². The van der Waals surface area contributed by atoms with Crippen LogP contribution in [0.3, 0.4) is 0 Å². The summed E-state index contributed by atoms with van der Waals surface area (Å²) in [6.45, 7) is 5.30. The van der Waals surface area contributed by atoms with Gasteiger partial charge in [-0.3, -0.25) is 4.79 Å². The number of benzene rings is 1. The first kappa shape index (κ1) is 21.0. The fourth-order valence-electron chi connectivity index (χ4n) is 1.67. The second-order valence-electron chi connectivity index (χ2n) is 5.94. The lowest BCUT2D eigenvalue weighted by Crippen LogP contribution is -2.39. The molecule has 0 saturated heterocycles. The Hall–Kier alpha value is -3.09. The average Bonchev–Trinajstić information content (AvgIpc) is 2.62. The van der Waals surface area contributed by atoms with Gasteiger partial charge >= 0.3 is 17.9 Å². The lowest BCUT2D eigenvalue weighted by molar-refractivity contribution is -0.163. The molecule has 7 heteroatoms. The molecule has 0 bridgehead atoms. The standard InChI is InChI=1S/C19H22O7/c1-13(2)17(21)26-12-19(3,18(22)23)11-25-16(20)10-7-14-5-8-15(24-4)9-6-14/h5-10H,1,11-12H2,2-4H3,(H,22,23)/b10-7+. The second kappa shape index (κ2) is 9.41. The van der Waals surface area contributed by atoms with Gasteiger partial charge in [-0.15, -0.1) is 0 Å². The van der Waals surface area contributed by atoms with E-state index in [1.165, 1.54) is 26.0 Å². The van der Waals surface area contributed by atoms with Crippen LogP contribution in [0.15, 0.2) is 42.5 Å². The highest BCUT2D eigenvalue weighted by atomic mass is 16.6. The topological polar surface area (TPSA) is 99.1 Å². The minimum absolute atomic E-state index is 0.150. The summed E-state index contributed by atoms with van der Waals surface area (Å²) in [6.07, 6.45) is 2.71. The quantitative estimate of drug-likeness (QED) is 0.532. The molecule has 26 heavy (non-hydrogen) atoms. The van der Waals surface area contributed by atoms with E-state index in [-0.39, 0.29) is 5.57 Å². The molecule has 0 aromatic heterocycles. The molecule has 0 amide bonds. The lowest BCUT2D eigenvalue weighted by Gasteiger charge is -2.23. The molecule has 140 valence electrons. The van der Waals surface area contributed by atoms with Gasteiger partial charge in [0.25, 0.3) is 0 Å². The number of rotatable bonds is 9. The second-order valence-corrected chi connectivity index (χ2v) is 5.94. The van der Waals surface area contributed by atoms with Crippen molar-refractivity contribution < 1.29 is 33.7 Å². The van der Waals surface area contributed by atoms with Crippen molar-refractivity contribution in [3.63, 3.8) is 0 Å². The number of carboxylic acid groups (broad SMARTS) is 1. The summed E-state index contributed by atoms with van der Waals surface area (Å²) in [5, 5.41) is 9.32. The first-order chi connectivity index (χ1) is 12.2. The molecule has 1 aromatic carbocycles. The number of carboxylic acids is 1. The molecule has 7 nitrogen and oxygen atoms in total. The van der Waals surface area contributed by atoms with Crippen LogP contribution in [-0.4, -0.2) is 43.3 Å². The fourth-order valence-corrected chi connectivity index (χ4v) is 1.67. The van der Waals surface area contributed by atoms with Crippen molar-refractivity contribution in [2.24, 2.45) is 5.41 Å². The van der Waals surface area contributed by atoms with Gasteiger partial charge in [-0.1, -0.05) is 18.7 Å². The van der Waals surface area contributed by atoms with Crippen molar-refractivity contribution in [3.8, 4) is 5.75 Å². The number of aliphatic carboxylic acids is 1. The van der Waals surface area contributed by atoms with Crippen molar-refractivity contribution in [2.45, 2.75) is 13.8 Å². The fraction of sp³-hybridized carbons (Fsp3) is 0.316. The van der Waals surface area contributed by atoms with Crippen LogP contribution in [-0.2, 0) is 23.9 Å². The zero-order valence-electron chi connectivity index (χ0n) is 15.0. The molecule has 0 aliphatic heterocycles. The molecule has 0 aliphatic rings. The Kier molecular flexibility index (Phi) is 7.58. The molecule has 1 unspecified atom stereocenters. The number of carbonyl (C=O) groups excluding carboxylic acids is 2. The summed E-state index contributed by atoms with van der Waals surface area (Å²) in [5.41, 5.74) is -0.661. The smallest absolute Gasteiger partial charge is 0.333 e. The Bertz CT molecular complexity index is 703. The van der Waals surface area contributed by atoms with Gasteiger partial charge in [0, 0.05) is 11.6 Å². The Balaban J connectivity index is 2.62. The summed E-state index contributed by atoms with van der Waals surface area (Å²) >= 11 is 0. The summed E-state index contributed by atoms with van der Waals surface area (Å²) in [7, 11) is 1.55. The molecule has 0 aliphatic carbocycles. The normalized spacial score (nSPS) is 12.9. The predicted molar refractivity (Wildman–Crippen MR) is 94.5 cm³/mol. The van der Waals surface area contributed by atoms with Crippen molar-refractivity contribution in [1.29, 1.82) is 0 Å². The number of methoxy groups -OCH3 is 1. The molecule has 1 atom stereocenters. The maximum absolute atomic E-state index is 11.8. The number of ether oxygens (including phenoxy) is 3. The lowest BCUT2D eigenvalue weighted by atomic mass is 9.93. The van der Waals surface area contributed by atoms with Crippen LogP contribution < -0.4 is 4.74 Å². The third-order valence-electron chi connectivity index (χ3n) is 3.45. The molecule has 0 spiro atoms. The number of esters is 2. The minimum Gasteiger partial charge on any atom is -0.497 e. The number of carbonyl (C=O) groups is 3. The van der Waals surface area contributed by atoms with Crippen LogP contribution in [0.4, 0.5) is 0 Å². The zero-order valence-corrected chi connectivity index (χ0v) is 15.0. The maximum atomic E-state index is 11.8. The molecule has 1 N–H and O–H groups in total. The summed E-state index contributed by atoms with van der Waals surface area (Å²) in [6, 6.07) is 6.98.